The monoisotopic (exact) mass is 434 g/mol. The predicted octanol–water partition coefficient (Wildman–Crippen LogP) is 3.38. The molecule has 3 aromatic rings. The summed E-state index contributed by atoms with van der Waals surface area (Å²) in [5, 5.41) is 3.43. The molecule has 0 unspecified atom stereocenters. The van der Waals surface area contributed by atoms with Crippen LogP contribution in [0.2, 0.25) is 0 Å². The van der Waals surface area contributed by atoms with E-state index in [0.29, 0.717) is 29.7 Å². The number of fused-ring (bicyclic) bond motifs is 2. The number of unbranched alkanes of at least 4 members (excludes halogenated alkanes) is 1. The maximum Gasteiger partial charge on any atom is 0.258 e. The molecule has 1 aliphatic heterocycles. The van der Waals surface area contributed by atoms with Crippen LogP contribution in [0.1, 0.15) is 44.0 Å². The van der Waals surface area contributed by atoms with E-state index in [1.54, 1.807) is 18.2 Å². The second kappa shape index (κ2) is 10.4. The molecule has 0 radical (unpaired) electrons. The number of aromatic amines is 1. The molecule has 1 amide bonds. The van der Waals surface area contributed by atoms with E-state index in [9.17, 15) is 9.59 Å². The van der Waals surface area contributed by atoms with Gasteiger partial charge in [0.25, 0.3) is 5.56 Å². The number of carbonyl (C=O) groups is 1. The summed E-state index contributed by atoms with van der Waals surface area (Å²) >= 11 is 0. The summed E-state index contributed by atoms with van der Waals surface area (Å²) in [7, 11) is 0. The number of H-pyrrole nitrogens is 1. The van der Waals surface area contributed by atoms with Crippen LogP contribution in [0.25, 0.3) is 10.9 Å². The molecule has 2 N–H and O–H groups in total. The molecule has 1 aromatic heterocycles. The number of nitrogens with one attached hydrogen (secondary N) is 2. The van der Waals surface area contributed by atoms with Crippen LogP contribution in [0, 0.1) is 0 Å². The minimum absolute atomic E-state index is 0.0654. The van der Waals surface area contributed by atoms with Crippen molar-refractivity contribution in [3.63, 3.8) is 0 Å². The van der Waals surface area contributed by atoms with Crippen molar-refractivity contribution in [3.05, 3.63) is 70.3 Å². The summed E-state index contributed by atoms with van der Waals surface area (Å²) in [6.45, 7) is 4.61. The minimum Gasteiger partial charge on any atom is -0.489 e. The Morgan fingerprint density at radius 2 is 2.03 bits per heavy atom. The maximum absolute atomic E-state index is 12.5. The highest BCUT2D eigenvalue weighted by Gasteiger charge is 2.22. The SMILES string of the molecule is CCCC[C@H]1CN(CCC(=O)NCc2nc3ccccc3c(=O)[nH]2)Cc2ccccc2O1. The lowest BCUT2D eigenvalue weighted by Crippen LogP contribution is -2.36. The topological polar surface area (TPSA) is 87.3 Å². The lowest BCUT2D eigenvalue weighted by atomic mass is 10.1. The van der Waals surface area contributed by atoms with Crippen molar-refractivity contribution in [1.82, 2.24) is 20.2 Å². The van der Waals surface area contributed by atoms with Crippen molar-refractivity contribution in [3.8, 4) is 5.75 Å². The Morgan fingerprint density at radius 1 is 1.22 bits per heavy atom. The summed E-state index contributed by atoms with van der Waals surface area (Å²) in [6, 6.07) is 15.3. The molecule has 0 saturated heterocycles. The van der Waals surface area contributed by atoms with Gasteiger partial charge in [0.15, 0.2) is 0 Å². The smallest absolute Gasteiger partial charge is 0.258 e. The molecule has 1 aliphatic rings. The van der Waals surface area contributed by atoms with Crippen molar-refractivity contribution in [1.29, 1.82) is 0 Å². The molecule has 2 heterocycles. The highest BCUT2D eigenvalue weighted by Crippen LogP contribution is 2.26. The molecule has 0 aliphatic carbocycles. The maximum atomic E-state index is 12.5. The molecule has 0 spiro atoms. The first kappa shape index (κ1) is 22.0. The van der Waals surface area contributed by atoms with Crippen LogP contribution < -0.4 is 15.6 Å². The molecule has 2 aromatic carbocycles. The second-order valence-corrected chi connectivity index (χ2v) is 8.28. The van der Waals surface area contributed by atoms with E-state index < -0.39 is 0 Å². The number of hydrogen-bond acceptors (Lipinski definition) is 5. The first-order valence-corrected chi connectivity index (χ1v) is 11.3. The van der Waals surface area contributed by atoms with Crippen LogP contribution in [-0.2, 0) is 17.9 Å². The third-order valence-corrected chi connectivity index (χ3v) is 5.77. The quantitative estimate of drug-likeness (QED) is 0.568. The number of benzene rings is 2. The Morgan fingerprint density at radius 3 is 2.91 bits per heavy atom. The molecule has 0 fully saturated rings. The number of hydrogen-bond donors (Lipinski definition) is 2. The number of rotatable bonds is 8. The van der Waals surface area contributed by atoms with Gasteiger partial charge in [-0.2, -0.15) is 0 Å². The number of amides is 1. The van der Waals surface area contributed by atoms with E-state index in [1.807, 2.05) is 24.3 Å². The van der Waals surface area contributed by atoms with Crippen LogP contribution in [0.15, 0.2) is 53.3 Å². The fourth-order valence-corrected chi connectivity index (χ4v) is 4.06. The summed E-state index contributed by atoms with van der Waals surface area (Å²) in [6.07, 6.45) is 3.77. The zero-order valence-electron chi connectivity index (χ0n) is 18.5. The largest absolute Gasteiger partial charge is 0.489 e. The fourth-order valence-electron chi connectivity index (χ4n) is 4.06. The number of ether oxygens (including phenoxy) is 1. The van der Waals surface area contributed by atoms with Crippen molar-refractivity contribution in [2.24, 2.45) is 0 Å². The van der Waals surface area contributed by atoms with Crippen LogP contribution in [-0.4, -0.2) is 40.0 Å². The van der Waals surface area contributed by atoms with Crippen molar-refractivity contribution >= 4 is 16.8 Å². The average Bonchev–Trinajstić information content (AvgIpc) is 2.99. The predicted molar refractivity (Wildman–Crippen MR) is 124 cm³/mol. The van der Waals surface area contributed by atoms with Crippen molar-refractivity contribution in [2.45, 2.75) is 51.8 Å². The van der Waals surface area contributed by atoms with Crippen molar-refractivity contribution in [2.75, 3.05) is 13.1 Å². The van der Waals surface area contributed by atoms with Crippen LogP contribution in [0.4, 0.5) is 0 Å². The van der Waals surface area contributed by atoms with Gasteiger partial charge in [-0.25, -0.2) is 4.98 Å². The van der Waals surface area contributed by atoms with Gasteiger partial charge in [0.1, 0.15) is 17.7 Å². The Balaban J connectivity index is 1.34. The molecule has 1 atom stereocenters. The van der Waals surface area contributed by atoms with Crippen LogP contribution in [0.3, 0.4) is 0 Å². The Hall–Kier alpha value is -3.19. The zero-order valence-corrected chi connectivity index (χ0v) is 18.5. The molecule has 0 bridgehead atoms. The van der Waals surface area contributed by atoms with Gasteiger partial charge in [-0.05, 0) is 31.0 Å². The summed E-state index contributed by atoms with van der Waals surface area (Å²) in [5.74, 6) is 1.34. The highest BCUT2D eigenvalue weighted by molar-refractivity contribution is 5.77. The van der Waals surface area contributed by atoms with Crippen LogP contribution in [0.5, 0.6) is 5.75 Å². The zero-order chi connectivity index (χ0) is 22.3. The van der Waals surface area contributed by atoms with Gasteiger partial charge in [-0.1, -0.05) is 43.7 Å². The van der Waals surface area contributed by atoms with Gasteiger partial charge >= 0.3 is 0 Å². The molecule has 32 heavy (non-hydrogen) atoms. The number of carbonyl (C=O) groups excluding carboxylic acids is 1. The third kappa shape index (κ3) is 5.53. The van der Waals surface area contributed by atoms with Gasteiger partial charge < -0.3 is 15.0 Å². The molecular weight excluding hydrogens is 404 g/mol. The molecule has 168 valence electrons. The van der Waals surface area contributed by atoms with Gasteiger partial charge in [-0.15, -0.1) is 0 Å². The second-order valence-electron chi connectivity index (χ2n) is 8.28. The van der Waals surface area contributed by atoms with Crippen molar-refractivity contribution < 1.29 is 9.53 Å². The first-order valence-electron chi connectivity index (χ1n) is 11.3. The van der Waals surface area contributed by atoms with Gasteiger partial charge in [0.2, 0.25) is 5.91 Å². The van der Waals surface area contributed by atoms with Gasteiger partial charge in [0.05, 0.1) is 17.4 Å². The number of nitrogens with zero attached hydrogens (tertiary/aromatic N) is 2. The van der Waals surface area contributed by atoms with E-state index in [4.69, 9.17) is 4.74 Å². The molecule has 7 nitrogen and oxygen atoms in total. The van der Waals surface area contributed by atoms with Gasteiger partial charge in [0, 0.05) is 31.6 Å². The van der Waals surface area contributed by atoms with E-state index in [-0.39, 0.29) is 24.1 Å². The Kier molecular flexibility index (Phi) is 7.17. The standard InChI is InChI=1S/C25H30N4O3/c1-2-3-9-19-17-29(16-18-8-4-7-12-22(18)32-19)14-13-24(30)26-15-23-27-21-11-6-5-10-20(21)25(31)28-23/h4-8,10-12,19H,2-3,9,13-17H2,1H3,(H,26,30)(H,27,28,31)/t19-/m0/s1. The summed E-state index contributed by atoms with van der Waals surface area (Å²) < 4.78 is 6.26. The van der Waals surface area contributed by atoms with E-state index in [0.717, 1.165) is 43.7 Å². The fraction of sp³-hybridized carbons (Fsp3) is 0.400. The van der Waals surface area contributed by atoms with E-state index >= 15 is 0 Å². The van der Waals surface area contributed by atoms with E-state index in [1.165, 1.54) is 0 Å². The summed E-state index contributed by atoms with van der Waals surface area (Å²) in [5.41, 5.74) is 1.59. The number of aromatic nitrogens is 2. The Bertz CT molecular complexity index is 1130. The Labute approximate surface area is 187 Å². The molecule has 0 saturated carbocycles. The number of para-hydroxylation sites is 2. The highest BCUT2D eigenvalue weighted by atomic mass is 16.5. The summed E-state index contributed by atoms with van der Waals surface area (Å²) in [4.78, 5) is 34.2. The molecule has 7 heteroatoms. The minimum atomic E-state index is -0.193. The van der Waals surface area contributed by atoms with E-state index in [2.05, 4.69) is 33.2 Å². The average molecular weight is 435 g/mol. The molecular formula is C25H30N4O3. The lowest BCUT2D eigenvalue weighted by Gasteiger charge is -2.23. The third-order valence-electron chi connectivity index (χ3n) is 5.77. The van der Waals surface area contributed by atoms with Crippen LogP contribution >= 0.6 is 0 Å². The first-order chi connectivity index (χ1) is 15.6. The lowest BCUT2D eigenvalue weighted by molar-refractivity contribution is -0.121. The molecule has 4 rings (SSSR count). The normalized spacial score (nSPS) is 16.2. The van der Waals surface area contributed by atoms with Gasteiger partial charge in [-0.3, -0.25) is 14.5 Å².